The number of carbonyl (C=O) groups excluding carboxylic acids is 1. The number of hydrogen-bond acceptors (Lipinski definition) is 5. The van der Waals surface area contributed by atoms with E-state index in [0.29, 0.717) is 17.2 Å². The molecule has 2 aromatic heterocycles. The molecule has 0 unspecified atom stereocenters. The van der Waals surface area contributed by atoms with E-state index >= 15 is 0 Å². The lowest BCUT2D eigenvalue weighted by Crippen LogP contribution is -2.22. The van der Waals surface area contributed by atoms with Crippen LogP contribution in [0.15, 0.2) is 29.4 Å². The van der Waals surface area contributed by atoms with Crippen molar-refractivity contribution in [2.24, 2.45) is 5.10 Å². The summed E-state index contributed by atoms with van der Waals surface area (Å²) in [6.07, 6.45) is 13.0. The van der Waals surface area contributed by atoms with Gasteiger partial charge in [-0.3, -0.25) is 4.79 Å². The van der Waals surface area contributed by atoms with Gasteiger partial charge in [0.1, 0.15) is 12.0 Å². The van der Waals surface area contributed by atoms with Gasteiger partial charge in [-0.25, -0.2) is 15.4 Å². The maximum atomic E-state index is 12.5. The Balaban J connectivity index is 1.48. The molecule has 150 valence electrons. The van der Waals surface area contributed by atoms with Crippen molar-refractivity contribution in [1.29, 1.82) is 0 Å². The number of amides is 1. The van der Waals surface area contributed by atoms with Crippen molar-refractivity contribution in [3.63, 3.8) is 0 Å². The lowest BCUT2D eigenvalue weighted by molar-refractivity contribution is -0.116. The smallest absolute Gasteiger partial charge is 0.273 e. The number of rotatable bonds is 6. The van der Waals surface area contributed by atoms with Gasteiger partial charge in [-0.05, 0) is 75.2 Å². The largest absolute Gasteiger partial charge is 0.359 e. The zero-order chi connectivity index (χ0) is 19.8. The number of hydrogen-bond donors (Lipinski definition) is 2. The Bertz CT molecular complexity index is 980. The second-order valence-electron chi connectivity index (χ2n) is 8.22. The number of nitrogens with zero attached hydrogens (tertiary/aromatic N) is 4. The highest BCUT2D eigenvalue weighted by molar-refractivity contribution is 6.33. The molecule has 2 aromatic rings. The summed E-state index contributed by atoms with van der Waals surface area (Å²) in [5, 5.41) is 4.22. The highest BCUT2D eigenvalue weighted by atomic mass is 16.2. The Hall–Kier alpha value is -2.80. The molecule has 1 aliphatic carbocycles. The summed E-state index contributed by atoms with van der Waals surface area (Å²) in [7, 11) is 0. The van der Waals surface area contributed by atoms with Gasteiger partial charge in [0.2, 0.25) is 0 Å². The molecule has 7 heteroatoms. The van der Waals surface area contributed by atoms with E-state index in [-0.39, 0.29) is 5.91 Å². The topological polar surface area (TPSA) is 86.3 Å². The van der Waals surface area contributed by atoms with Crippen molar-refractivity contribution in [3.05, 3.63) is 52.4 Å². The van der Waals surface area contributed by atoms with Gasteiger partial charge in [0.25, 0.3) is 5.91 Å². The molecule has 0 radical (unpaired) electrons. The van der Waals surface area contributed by atoms with Crippen LogP contribution in [0, 0.1) is 6.92 Å². The number of aromatic amines is 1. The third-order valence-corrected chi connectivity index (χ3v) is 6.14. The summed E-state index contributed by atoms with van der Waals surface area (Å²) in [5.41, 5.74) is 9.60. The second kappa shape index (κ2) is 7.55. The molecule has 2 N–H and O–H groups in total. The summed E-state index contributed by atoms with van der Waals surface area (Å²) in [6, 6.07) is 0. The third-order valence-electron chi connectivity index (χ3n) is 6.14. The fourth-order valence-electron chi connectivity index (χ4n) is 4.51. The summed E-state index contributed by atoms with van der Waals surface area (Å²) in [4.78, 5) is 26.7. The molecule has 29 heavy (non-hydrogen) atoms. The maximum Gasteiger partial charge on any atom is 0.273 e. The van der Waals surface area contributed by atoms with Crippen LogP contribution in [0.3, 0.4) is 0 Å². The van der Waals surface area contributed by atoms with E-state index < -0.39 is 0 Å². The van der Waals surface area contributed by atoms with E-state index in [9.17, 15) is 4.79 Å². The van der Waals surface area contributed by atoms with Crippen molar-refractivity contribution < 1.29 is 4.79 Å². The zero-order valence-corrected chi connectivity index (χ0v) is 16.7. The second-order valence-corrected chi connectivity index (χ2v) is 8.22. The van der Waals surface area contributed by atoms with Crippen LogP contribution in [-0.4, -0.2) is 51.1 Å². The highest BCUT2D eigenvalue weighted by Crippen LogP contribution is 2.45. The Morgan fingerprint density at radius 3 is 2.69 bits per heavy atom. The number of nitrogens with one attached hydrogen (secondary N) is 2. The van der Waals surface area contributed by atoms with Crippen LogP contribution in [-0.2, 0) is 11.2 Å². The number of aromatic nitrogens is 3. The van der Waals surface area contributed by atoms with E-state index in [4.69, 9.17) is 0 Å². The van der Waals surface area contributed by atoms with Crippen LogP contribution < -0.4 is 5.43 Å². The molecular formula is C22H26N6O. The predicted octanol–water partition coefficient (Wildman–Crippen LogP) is 2.55. The summed E-state index contributed by atoms with van der Waals surface area (Å²) in [6.45, 7) is 5.71. The summed E-state index contributed by atoms with van der Waals surface area (Å²) < 4.78 is 0. The van der Waals surface area contributed by atoms with Gasteiger partial charge in [-0.15, -0.1) is 0 Å². The number of H-pyrrole nitrogens is 1. The van der Waals surface area contributed by atoms with E-state index in [0.717, 1.165) is 24.2 Å². The number of carbonyl (C=O) groups is 1. The van der Waals surface area contributed by atoms with Crippen molar-refractivity contribution in [2.45, 2.75) is 44.9 Å². The highest BCUT2D eigenvalue weighted by Gasteiger charge is 2.32. The van der Waals surface area contributed by atoms with Crippen molar-refractivity contribution >= 4 is 17.7 Å². The molecular weight excluding hydrogens is 364 g/mol. The van der Waals surface area contributed by atoms with E-state index in [1.165, 1.54) is 61.9 Å². The van der Waals surface area contributed by atoms with Gasteiger partial charge >= 0.3 is 0 Å². The first kappa shape index (κ1) is 18.2. The molecule has 1 saturated carbocycles. The molecule has 4 heterocycles. The monoisotopic (exact) mass is 390 g/mol. The van der Waals surface area contributed by atoms with Crippen LogP contribution in [0.2, 0.25) is 0 Å². The normalized spacial score (nSPS) is 21.1. The van der Waals surface area contributed by atoms with E-state index in [1.54, 1.807) is 12.4 Å². The first-order chi connectivity index (χ1) is 14.2. The molecule has 0 atom stereocenters. The molecule has 2 aliphatic heterocycles. The zero-order valence-electron chi connectivity index (χ0n) is 16.7. The van der Waals surface area contributed by atoms with Gasteiger partial charge in [0, 0.05) is 35.9 Å². The Morgan fingerprint density at radius 2 is 1.97 bits per heavy atom. The minimum Gasteiger partial charge on any atom is -0.359 e. The van der Waals surface area contributed by atoms with Crippen LogP contribution in [0.5, 0.6) is 0 Å². The number of likely N-dealkylation sites (tertiary alicyclic amines) is 1. The minimum absolute atomic E-state index is 0.184. The van der Waals surface area contributed by atoms with Crippen LogP contribution in [0.1, 0.15) is 59.7 Å². The Kier molecular flexibility index (Phi) is 4.75. The van der Waals surface area contributed by atoms with Crippen molar-refractivity contribution in [1.82, 2.24) is 25.3 Å². The lowest BCUT2D eigenvalue weighted by atomic mass is 9.98. The van der Waals surface area contributed by atoms with Gasteiger partial charge < -0.3 is 9.88 Å². The van der Waals surface area contributed by atoms with Crippen LogP contribution >= 0.6 is 0 Å². The average molecular weight is 390 g/mol. The quantitative estimate of drug-likeness (QED) is 0.742. The average Bonchev–Trinajstić information content (AvgIpc) is 3.16. The molecule has 0 aromatic carbocycles. The van der Waals surface area contributed by atoms with Gasteiger partial charge in [0.15, 0.2) is 0 Å². The number of aryl methyl sites for hydroxylation is 1. The molecule has 3 aliphatic rings. The Labute approximate surface area is 170 Å². The van der Waals surface area contributed by atoms with Gasteiger partial charge in [-0.1, -0.05) is 0 Å². The molecule has 5 rings (SSSR count). The first-order valence-corrected chi connectivity index (χ1v) is 10.5. The standard InChI is InChI=1S/C22H26N6O/c1-14-17(6-9-28-7-2-3-8-28)20(15-4-5-15)19(25-14)10-18-21(26-27-22(18)29)16-11-23-13-24-12-16/h10-13,15,25H,2-9H2,1H3,(H,27,29). The lowest BCUT2D eigenvalue weighted by Gasteiger charge is -2.15. The fourth-order valence-corrected chi connectivity index (χ4v) is 4.51. The molecule has 7 nitrogen and oxygen atoms in total. The Morgan fingerprint density at radius 1 is 1.21 bits per heavy atom. The number of hydrazone groups is 1. The molecule has 2 fully saturated rings. The SMILES string of the molecule is Cc1[nH]c(C=C2C(=O)NN=C2c2cncnc2)c(C2CC2)c1CCN1CCCC1. The van der Waals surface area contributed by atoms with Crippen LogP contribution in [0.25, 0.3) is 6.08 Å². The van der Waals surface area contributed by atoms with Crippen molar-refractivity contribution in [3.8, 4) is 0 Å². The molecule has 0 bridgehead atoms. The third kappa shape index (κ3) is 3.62. The fraction of sp³-hybridized carbons (Fsp3) is 0.455. The maximum absolute atomic E-state index is 12.5. The molecule has 0 spiro atoms. The van der Waals surface area contributed by atoms with E-state index in [2.05, 4.69) is 37.3 Å². The summed E-state index contributed by atoms with van der Waals surface area (Å²) in [5.74, 6) is 0.418. The van der Waals surface area contributed by atoms with Crippen LogP contribution in [0.4, 0.5) is 0 Å². The minimum atomic E-state index is -0.184. The van der Waals surface area contributed by atoms with Gasteiger partial charge in [-0.2, -0.15) is 5.10 Å². The van der Waals surface area contributed by atoms with Crippen molar-refractivity contribution in [2.75, 3.05) is 19.6 Å². The molecule has 1 saturated heterocycles. The summed E-state index contributed by atoms with van der Waals surface area (Å²) >= 11 is 0. The van der Waals surface area contributed by atoms with Gasteiger partial charge in [0.05, 0.1) is 5.57 Å². The van der Waals surface area contributed by atoms with E-state index in [1.807, 2.05) is 6.08 Å². The predicted molar refractivity (Wildman–Crippen MR) is 112 cm³/mol. The first-order valence-electron chi connectivity index (χ1n) is 10.5. The molecule has 1 amide bonds.